The molecule has 0 radical (unpaired) electrons. The van der Waals surface area contributed by atoms with Crippen molar-refractivity contribution in [1.29, 1.82) is 0 Å². The molecule has 1 aliphatic rings. The Kier molecular flexibility index (Phi) is 2.70. The van der Waals surface area contributed by atoms with Crippen molar-refractivity contribution in [2.75, 3.05) is 6.54 Å². The summed E-state index contributed by atoms with van der Waals surface area (Å²) >= 11 is 1.81. The van der Waals surface area contributed by atoms with Gasteiger partial charge in [0.05, 0.1) is 0 Å². The van der Waals surface area contributed by atoms with E-state index < -0.39 is 0 Å². The fourth-order valence-corrected chi connectivity index (χ4v) is 2.97. The third kappa shape index (κ3) is 1.65. The molecule has 1 nitrogen and oxygen atoms in total. The zero-order valence-electron chi connectivity index (χ0n) is 8.29. The first-order chi connectivity index (χ1) is 6.33. The Morgan fingerprint density at radius 3 is 3.00 bits per heavy atom. The molecule has 13 heavy (non-hydrogen) atoms. The highest BCUT2D eigenvalue weighted by Gasteiger charge is 2.37. The van der Waals surface area contributed by atoms with Gasteiger partial charge in [-0.2, -0.15) is 11.3 Å². The molecule has 1 saturated carbocycles. The first kappa shape index (κ1) is 9.22. The molecule has 0 aromatic carbocycles. The van der Waals surface area contributed by atoms with E-state index in [-0.39, 0.29) is 0 Å². The smallest absolute Gasteiger partial charge is 0.0104 e. The second-order valence-corrected chi connectivity index (χ2v) is 4.70. The van der Waals surface area contributed by atoms with Crippen molar-refractivity contribution in [3.63, 3.8) is 0 Å². The minimum absolute atomic E-state index is 0.759. The molecule has 2 heteroatoms. The van der Waals surface area contributed by atoms with Crippen LogP contribution in [0.1, 0.15) is 31.7 Å². The summed E-state index contributed by atoms with van der Waals surface area (Å²) in [5.41, 5.74) is 1.55. The third-order valence-electron chi connectivity index (χ3n) is 3.21. The lowest BCUT2D eigenvalue weighted by Crippen LogP contribution is -2.47. The van der Waals surface area contributed by atoms with E-state index in [0.717, 1.165) is 24.4 Å². The van der Waals surface area contributed by atoms with Crippen molar-refractivity contribution in [3.05, 3.63) is 22.4 Å². The molecule has 1 fully saturated rings. The van der Waals surface area contributed by atoms with E-state index in [1.807, 2.05) is 11.3 Å². The summed E-state index contributed by atoms with van der Waals surface area (Å²) < 4.78 is 0. The summed E-state index contributed by atoms with van der Waals surface area (Å²) in [6.45, 7) is 5.65. The standard InChI is InChI=1S/C11H17NS/c1-3-12-11-6-10(8(11)2)9-4-5-13-7-9/h4-5,7-8,10-12H,3,6H2,1-2H3. The van der Waals surface area contributed by atoms with Gasteiger partial charge in [0.1, 0.15) is 0 Å². The van der Waals surface area contributed by atoms with Crippen LogP contribution in [-0.2, 0) is 0 Å². The number of thiophene rings is 1. The summed E-state index contributed by atoms with van der Waals surface area (Å²) in [6.07, 6.45) is 1.33. The van der Waals surface area contributed by atoms with Crippen LogP contribution in [0.4, 0.5) is 0 Å². The van der Waals surface area contributed by atoms with Gasteiger partial charge >= 0.3 is 0 Å². The van der Waals surface area contributed by atoms with Crippen LogP contribution in [0, 0.1) is 5.92 Å². The maximum Gasteiger partial charge on any atom is 0.0104 e. The van der Waals surface area contributed by atoms with Crippen molar-refractivity contribution in [1.82, 2.24) is 5.32 Å². The molecule has 0 spiro atoms. The van der Waals surface area contributed by atoms with Gasteiger partial charge in [0.15, 0.2) is 0 Å². The maximum atomic E-state index is 3.53. The second-order valence-electron chi connectivity index (χ2n) is 3.92. The normalized spacial score (nSPS) is 32.9. The molecule has 1 N–H and O–H groups in total. The van der Waals surface area contributed by atoms with Crippen LogP contribution in [0.25, 0.3) is 0 Å². The van der Waals surface area contributed by atoms with E-state index in [0.29, 0.717) is 0 Å². The number of hydrogen-bond acceptors (Lipinski definition) is 2. The Hall–Kier alpha value is -0.340. The minimum Gasteiger partial charge on any atom is -0.314 e. The Balaban J connectivity index is 1.93. The lowest BCUT2D eigenvalue weighted by Gasteiger charge is -2.43. The largest absolute Gasteiger partial charge is 0.314 e. The highest BCUT2D eigenvalue weighted by atomic mass is 32.1. The molecule has 0 saturated heterocycles. The van der Waals surface area contributed by atoms with Crippen LogP contribution in [0.5, 0.6) is 0 Å². The van der Waals surface area contributed by atoms with Gasteiger partial charge in [0.2, 0.25) is 0 Å². The van der Waals surface area contributed by atoms with Crippen molar-refractivity contribution >= 4 is 11.3 Å². The van der Waals surface area contributed by atoms with Gasteiger partial charge in [-0.1, -0.05) is 13.8 Å². The Morgan fingerprint density at radius 1 is 1.62 bits per heavy atom. The number of hydrogen-bond donors (Lipinski definition) is 1. The van der Waals surface area contributed by atoms with Gasteiger partial charge < -0.3 is 5.32 Å². The molecular formula is C11H17NS. The monoisotopic (exact) mass is 195 g/mol. The summed E-state index contributed by atoms with van der Waals surface area (Å²) in [5, 5.41) is 8.01. The second kappa shape index (κ2) is 3.81. The van der Waals surface area contributed by atoms with E-state index in [1.54, 1.807) is 5.56 Å². The summed E-state index contributed by atoms with van der Waals surface area (Å²) in [6, 6.07) is 3.03. The molecule has 0 amide bonds. The molecule has 1 heterocycles. The van der Waals surface area contributed by atoms with Gasteiger partial charge in [-0.15, -0.1) is 0 Å². The molecule has 3 atom stereocenters. The molecule has 72 valence electrons. The molecule has 1 aromatic rings. The lowest BCUT2D eigenvalue weighted by molar-refractivity contribution is 0.187. The van der Waals surface area contributed by atoms with E-state index in [2.05, 4.69) is 36.0 Å². The van der Waals surface area contributed by atoms with Crippen LogP contribution >= 0.6 is 11.3 Å². The fraction of sp³-hybridized carbons (Fsp3) is 0.636. The highest BCUT2D eigenvalue weighted by molar-refractivity contribution is 7.07. The van der Waals surface area contributed by atoms with Crippen LogP contribution in [-0.4, -0.2) is 12.6 Å². The number of nitrogens with one attached hydrogen (secondary N) is 1. The van der Waals surface area contributed by atoms with Crippen molar-refractivity contribution in [2.45, 2.75) is 32.2 Å². The van der Waals surface area contributed by atoms with E-state index in [1.165, 1.54) is 6.42 Å². The molecule has 2 rings (SSSR count). The van der Waals surface area contributed by atoms with Crippen LogP contribution < -0.4 is 5.32 Å². The van der Waals surface area contributed by atoms with Crippen molar-refractivity contribution in [3.8, 4) is 0 Å². The average molecular weight is 195 g/mol. The third-order valence-corrected chi connectivity index (χ3v) is 3.92. The molecule has 1 aliphatic carbocycles. The van der Waals surface area contributed by atoms with E-state index in [4.69, 9.17) is 0 Å². The highest BCUT2D eigenvalue weighted by Crippen LogP contribution is 2.42. The molecule has 0 bridgehead atoms. The van der Waals surface area contributed by atoms with Gasteiger partial charge in [-0.25, -0.2) is 0 Å². The zero-order chi connectivity index (χ0) is 9.26. The summed E-state index contributed by atoms with van der Waals surface area (Å²) in [4.78, 5) is 0. The van der Waals surface area contributed by atoms with Crippen molar-refractivity contribution < 1.29 is 0 Å². The molecule has 3 unspecified atom stereocenters. The summed E-state index contributed by atoms with van der Waals surface area (Å²) in [7, 11) is 0. The van der Waals surface area contributed by atoms with Gasteiger partial charge in [-0.3, -0.25) is 0 Å². The molecule has 0 aliphatic heterocycles. The van der Waals surface area contributed by atoms with Gasteiger partial charge in [-0.05, 0) is 47.2 Å². The predicted octanol–water partition coefficient (Wildman–Crippen LogP) is 2.85. The van der Waals surface area contributed by atoms with E-state index >= 15 is 0 Å². The zero-order valence-corrected chi connectivity index (χ0v) is 9.10. The van der Waals surface area contributed by atoms with Crippen LogP contribution in [0.15, 0.2) is 16.8 Å². The minimum atomic E-state index is 0.759. The van der Waals surface area contributed by atoms with Crippen molar-refractivity contribution in [2.24, 2.45) is 5.92 Å². The van der Waals surface area contributed by atoms with Crippen LogP contribution in [0.2, 0.25) is 0 Å². The van der Waals surface area contributed by atoms with Gasteiger partial charge in [0, 0.05) is 6.04 Å². The lowest BCUT2D eigenvalue weighted by atomic mass is 9.68. The first-order valence-corrected chi connectivity index (χ1v) is 6.02. The van der Waals surface area contributed by atoms with Gasteiger partial charge in [0.25, 0.3) is 0 Å². The Bertz CT molecular complexity index is 255. The van der Waals surface area contributed by atoms with E-state index in [9.17, 15) is 0 Å². The SMILES string of the molecule is CCNC1CC(c2ccsc2)C1C. The quantitative estimate of drug-likeness (QED) is 0.782. The first-order valence-electron chi connectivity index (χ1n) is 5.08. The maximum absolute atomic E-state index is 3.53. The molecule has 1 aromatic heterocycles. The Morgan fingerprint density at radius 2 is 2.46 bits per heavy atom. The summed E-state index contributed by atoms with van der Waals surface area (Å²) in [5.74, 6) is 1.63. The molecular weight excluding hydrogens is 178 g/mol. The predicted molar refractivity (Wildman–Crippen MR) is 58.3 cm³/mol. The average Bonchev–Trinajstić information content (AvgIpc) is 2.63. The van der Waals surface area contributed by atoms with Crippen LogP contribution in [0.3, 0.4) is 0 Å². The Labute approximate surface area is 84.2 Å². The fourth-order valence-electron chi connectivity index (χ4n) is 2.24. The topological polar surface area (TPSA) is 12.0 Å². The number of rotatable bonds is 3.